The first-order valence-corrected chi connectivity index (χ1v) is 6.03. The highest BCUT2D eigenvalue weighted by Crippen LogP contribution is 2.18. The van der Waals surface area contributed by atoms with E-state index < -0.39 is 0 Å². The molecule has 2 rings (SSSR count). The fraction of sp³-hybridized carbons (Fsp3) is 0.200. The van der Waals surface area contributed by atoms with Crippen molar-refractivity contribution in [1.29, 1.82) is 5.26 Å². The van der Waals surface area contributed by atoms with Crippen molar-refractivity contribution in [2.75, 3.05) is 6.61 Å². The van der Waals surface area contributed by atoms with Crippen molar-refractivity contribution in [3.63, 3.8) is 0 Å². The van der Waals surface area contributed by atoms with Gasteiger partial charge in [-0.25, -0.2) is 4.79 Å². The molecule has 2 aromatic rings. The number of aromatic nitrogens is 1. The molecule has 0 amide bonds. The van der Waals surface area contributed by atoms with Gasteiger partial charge in [-0.05, 0) is 49.7 Å². The monoisotopic (exact) mass is 254 g/mol. The van der Waals surface area contributed by atoms with Crippen molar-refractivity contribution in [2.45, 2.75) is 13.8 Å². The Hall–Kier alpha value is -2.54. The summed E-state index contributed by atoms with van der Waals surface area (Å²) >= 11 is 0. The summed E-state index contributed by atoms with van der Waals surface area (Å²) < 4.78 is 6.76. The minimum atomic E-state index is -0.329. The van der Waals surface area contributed by atoms with E-state index in [0.29, 0.717) is 17.9 Å². The largest absolute Gasteiger partial charge is 0.462 e. The normalized spacial score (nSPS) is 9.95. The van der Waals surface area contributed by atoms with Gasteiger partial charge in [-0.3, -0.25) is 0 Å². The molecule has 1 heterocycles. The Labute approximate surface area is 111 Å². The topological polar surface area (TPSA) is 55.0 Å². The van der Waals surface area contributed by atoms with Gasteiger partial charge in [-0.15, -0.1) is 0 Å². The fourth-order valence-corrected chi connectivity index (χ4v) is 1.95. The molecule has 1 aromatic heterocycles. The summed E-state index contributed by atoms with van der Waals surface area (Å²) in [5.74, 6) is -0.329. The Morgan fingerprint density at radius 2 is 2.21 bits per heavy atom. The molecule has 19 heavy (non-hydrogen) atoms. The third-order valence-electron chi connectivity index (χ3n) is 2.83. The molecule has 0 N–H and O–H groups in total. The van der Waals surface area contributed by atoms with Crippen LogP contribution in [0, 0.1) is 18.3 Å². The van der Waals surface area contributed by atoms with Crippen molar-refractivity contribution in [1.82, 2.24) is 4.57 Å². The molecule has 96 valence electrons. The lowest BCUT2D eigenvalue weighted by Crippen LogP contribution is -2.06. The highest BCUT2D eigenvalue weighted by molar-refractivity contribution is 5.90. The number of esters is 1. The highest BCUT2D eigenvalue weighted by Gasteiger charge is 2.10. The van der Waals surface area contributed by atoms with Crippen molar-refractivity contribution in [2.24, 2.45) is 0 Å². The quantitative estimate of drug-likeness (QED) is 0.791. The Morgan fingerprint density at radius 3 is 2.84 bits per heavy atom. The molecule has 0 unspecified atom stereocenters. The fourth-order valence-electron chi connectivity index (χ4n) is 1.95. The molecule has 0 spiro atoms. The zero-order valence-corrected chi connectivity index (χ0v) is 10.9. The number of carbonyl (C=O) groups excluding carboxylic acids is 1. The Morgan fingerprint density at radius 1 is 1.42 bits per heavy atom. The van der Waals surface area contributed by atoms with Gasteiger partial charge in [0.25, 0.3) is 0 Å². The minimum Gasteiger partial charge on any atom is -0.462 e. The summed E-state index contributed by atoms with van der Waals surface area (Å²) in [7, 11) is 0. The second kappa shape index (κ2) is 5.40. The van der Waals surface area contributed by atoms with Gasteiger partial charge < -0.3 is 9.30 Å². The standard InChI is InChI=1S/C15H14N2O2/c1-3-19-15(18)12-6-7-14(11(2)9-12)17-8-4-5-13(17)10-16/h4-9H,3H2,1-2H3. The molecule has 4 heteroatoms. The van der Waals surface area contributed by atoms with E-state index in [-0.39, 0.29) is 5.97 Å². The average molecular weight is 254 g/mol. The molecule has 4 nitrogen and oxygen atoms in total. The highest BCUT2D eigenvalue weighted by atomic mass is 16.5. The van der Waals surface area contributed by atoms with Gasteiger partial charge in [-0.2, -0.15) is 5.26 Å². The van der Waals surface area contributed by atoms with Crippen LogP contribution in [0.25, 0.3) is 5.69 Å². The molecule has 0 atom stereocenters. The summed E-state index contributed by atoms with van der Waals surface area (Å²) in [5.41, 5.74) is 2.88. The summed E-state index contributed by atoms with van der Waals surface area (Å²) in [4.78, 5) is 11.6. The predicted molar refractivity (Wildman–Crippen MR) is 71.2 cm³/mol. The van der Waals surface area contributed by atoms with Gasteiger partial charge in [0.1, 0.15) is 11.8 Å². The summed E-state index contributed by atoms with van der Waals surface area (Å²) in [6.07, 6.45) is 1.82. The number of rotatable bonds is 3. The second-order valence-corrected chi connectivity index (χ2v) is 4.10. The van der Waals surface area contributed by atoms with Crippen LogP contribution in [0.4, 0.5) is 0 Å². The number of hydrogen-bond donors (Lipinski definition) is 0. The number of hydrogen-bond acceptors (Lipinski definition) is 3. The van der Waals surface area contributed by atoms with Crippen LogP contribution in [-0.4, -0.2) is 17.1 Å². The number of aryl methyl sites for hydroxylation is 1. The van der Waals surface area contributed by atoms with Crippen LogP contribution in [0.1, 0.15) is 28.5 Å². The van der Waals surface area contributed by atoms with E-state index in [4.69, 9.17) is 10.00 Å². The maximum absolute atomic E-state index is 11.6. The molecule has 0 saturated heterocycles. The van der Waals surface area contributed by atoms with Crippen LogP contribution in [0.2, 0.25) is 0 Å². The van der Waals surface area contributed by atoms with Crippen molar-refractivity contribution in [3.8, 4) is 11.8 Å². The smallest absolute Gasteiger partial charge is 0.338 e. The lowest BCUT2D eigenvalue weighted by Gasteiger charge is -2.10. The zero-order valence-electron chi connectivity index (χ0n) is 10.9. The maximum Gasteiger partial charge on any atom is 0.338 e. The van der Waals surface area contributed by atoms with E-state index in [1.807, 2.05) is 25.3 Å². The number of benzene rings is 1. The van der Waals surface area contributed by atoms with E-state index >= 15 is 0 Å². The van der Waals surface area contributed by atoms with Crippen LogP contribution < -0.4 is 0 Å². The Kier molecular flexibility index (Phi) is 3.67. The van der Waals surface area contributed by atoms with Crippen LogP contribution in [-0.2, 0) is 4.74 Å². The van der Waals surface area contributed by atoms with E-state index in [2.05, 4.69) is 6.07 Å². The third-order valence-corrected chi connectivity index (χ3v) is 2.83. The van der Waals surface area contributed by atoms with Gasteiger partial charge in [0, 0.05) is 11.9 Å². The summed E-state index contributed by atoms with van der Waals surface area (Å²) in [6.45, 7) is 4.03. The first-order valence-electron chi connectivity index (χ1n) is 6.03. The third kappa shape index (κ3) is 2.50. The number of nitriles is 1. The van der Waals surface area contributed by atoms with E-state index in [1.54, 1.807) is 29.7 Å². The van der Waals surface area contributed by atoms with Crippen LogP contribution in [0.3, 0.4) is 0 Å². The average Bonchev–Trinajstić information content (AvgIpc) is 2.87. The second-order valence-electron chi connectivity index (χ2n) is 4.10. The molecule has 1 aromatic carbocycles. The van der Waals surface area contributed by atoms with E-state index in [0.717, 1.165) is 11.3 Å². The molecule has 0 aliphatic carbocycles. The van der Waals surface area contributed by atoms with Gasteiger partial charge in [0.15, 0.2) is 0 Å². The molecule has 0 fully saturated rings. The van der Waals surface area contributed by atoms with Gasteiger partial charge >= 0.3 is 5.97 Å². The molecule has 0 bridgehead atoms. The lowest BCUT2D eigenvalue weighted by molar-refractivity contribution is 0.0526. The molecule has 0 aliphatic heterocycles. The van der Waals surface area contributed by atoms with E-state index in [9.17, 15) is 4.79 Å². The molecule has 0 saturated carbocycles. The van der Waals surface area contributed by atoms with Gasteiger partial charge in [0.2, 0.25) is 0 Å². The predicted octanol–water partition coefficient (Wildman–Crippen LogP) is 2.83. The van der Waals surface area contributed by atoms with Crippen molar-refractivity contribution < 1.29 is 9.53 Å². The number of nitrogens with zero attached hydrogens (tertiary/aromatic N) is 2. The maximum atomic E-state index is 11.6. The molecular weight excluding hydrogens is 240 g/mol. The first-order chi connectivity index (χ1) is 9.17. The zero-order chi connectivity index (χ0) is 13.8. The van der Waals surface area contributed by atoms with Crippen LogP contribution >= 0.6 is 0 Å². The SMILES string of the molecule is CCOC(=O)c1ccc(-n2cccc2C#N)c(C)c1. The van der Waals surface area contributed by atoms with Crippen LogP contribution in [0.15, 0.2) is 36.5 Å². The van der Waals surface area contributed by atoms with Crippen molar-refractivity contribution >= 4 is 5.97 Å². The Bertz CT molecular complexity index is 650. The van der Waals surface area contributed by atoms with Crippen molar-refractivity contribution in [3.05, 3.63) is 53.3 Å². The van der Waals surface area contributed by atoms with E-state index in [1.165, 1.54) is 0 Å². The summed E-state index contributed by atoms with van der Waals surface area (Å²) in [5, 5.41) is 9.03. The molecular formula is C15H14N2O2. The molecule has 0 radical (unpaired) electrons. The van der Waals surface area contributed by atoms with Gasteiger partial charge in [-0.1, -0.05) is 0 Å². The Balaban J connectivity index is 2.41. The summed E-state index contributed by atoms with van der Waals surface area (Å²) in [6, 6.07) is 11.0. The number of ether oxygens (including phenoxy) is 1. The lowest BCUT2D eigenvalue weighted by atomic mass is 10.1. The minimum absolute atomic E-state index is 0.329. The first kappa shape index (κ1) is 12.9. The van der Waals surface area contributed by atoms with Gasteiger partial charge in [0.05, 0.1) is 12.2 Å². The van der Waals surface area contributed by atoms with Crippen LogP contribution in [0.5, 0.6) is 0 Å². The number of carbonyl (C=O) groups is 1. The molecule has 0 aliphatic rings.